The number of carbonyl (C=O) groups is 1. The summed E-state index contributed by atoms with van der Waals surface area (Å²) in [5.41, 5.74) is 1.08. The van der Waals surface area contributed by atoms with Gasteiger partial charge in [0.15, 0.2) is 0 Å². The Labute approximate surface area is 153 Å². The Kier molecular flexibility index (Phi) is 4.25. The molecule has 1 aliphatic carbocycles. The molecule has 0 bridgehead atoms. The molecule has 0 saturated heterocycles. The highest BCUT2D eigenvalue weighted by molar-refractivity contribution is 5.68. The third-order valence-corrected chi connectivity index (χ3v) is 5.09. The topological polar surface area (TPSA) is 55.8 Å². The van der Waals surface area contributed by atoms with Crippen LogP contribution in [0.4, 0.5) is 13.2 Å². The summed E-state index contributed by atoms with van der Waals surface area (Å²) < 4.78 is 51.0. The molecule has 2 aliphatic rings. The Morgan fingerprint density at radius 3 is 2.78 bits per heavy atom. The van der Waals surface area contributed by atoms with Crippen LogP contribution in [0.1, 0.15) is 47.1 Å². The van der Waals surface area contributed by atoms with E-state index in [-0.39, 0.29) is 12.3 Å². The van der Waals surface area contributed by atoms with Crippen molar-refractivity contribution in [3.05, 3.63) is 58.7 Å². The summed E-state index contributed by atoms with van der Waals surface area (Å²) in [5, 5.41) is 8.96. The van der Waals surface area contributed by atoms with Crippen molar-refractivity contribution < 1.29 is 32.5 Å². The largest absolute Gasteiger partial charge is 0.492 e. The van der Waals surface area contributed by atoms with Crippen molar-refractivity contribution >= 4 is 5.97 Å². The average Bonchev–Trinajstić information content (AvgIpc) is 3.18. The fourth-order valence-corrected chi connectivity index (χ4v) is 3.88. The zero-order chi connectivity index (χ0) is 19.2. The van der Waals surface area contributed by atoms with Crippen LogP contribution in [0.2, 0.25) is 0 Å². The van der Waals surface area contributed by atoms with Gasteiger partial charge in [-0.05, 0) is 36.1 Å². The van der Waals surface area contributed by atoms with Crippen molar-refractivity contribution in [3.63, 3.8) is 0 Å². The molecule has 4 rings (SSSR count). The molecule has 2 aromatic rings. The molecular weight excluding hydrogens is 361 g/mol. The van der Waals surface area contributed by atoms with Crippen molar-refractivity contribution in [1.82, 2.24) is 0 Å². The van der Waals surface area contributed by atoms with Gasteiger partial charge in [-0.1, -0.05) is 18.2 Å². The normalized spacial score (nSPS) is 20.7. The van der Waals surface area contributed by atoms with E-state index in [0.717, 1.165) is 11.6 Å². The SMILES string of the molecule is O=C(O)C[C@@H]1COc2cc(O[C@H]3CCc4c3cccc4C(F)(F)F)ccc21. The van der Waals surface area contributed by atoms with Crippen LogP contribution in [0.5, 0.6) is 11.5 Å². The maximum absolute atomic E-state index is 13.2. The molecule has 1 aliphatic heterocycles. The summed E-state index contributed by atoms with van der Waals surface area (Å²) in [7, 11) is 0. The highest BCUT2D eigenvalue weighted by Gasteiger charge is 2.38. The quantitative estimate of drug-likeness (QED) is 0.836. The molecule has 0 saturated carbocycles. The highest BCUT2D eigenvalue weighted by Crippen LogP contribution is 2.43. The van der Waals surface area contributed by atoms with Gasteiger partial charge in [-0.2, -0.15) is 13.2 Å². The second kappa shape index (κ2) is 6.48. The second-order valence-electron chi connectivity index (χ2n) is 6.82. The van der Waals surface area contributed by atoms with E-state index in [0.29, 0.717) is 42.1 Å². The van der Waals surface area contributed by atoms with Crippen molar-refractivity contribution in [2.24, 2.45) is 0 Å². The first-order chi connectivity index (χ1) is 12.8. The van der Waals surface area contributed by atoms with E-state index in [2.05, 4.69) is 0 Å². The lowest BCUT2D eigenvalue weighted by Crippen LogP contribution is -2.09. The summed E-state index contributed by atoms with van der Waals surface area (Å²) in [4.78, 5) is 10.9. The van der Waals surface area contributed by atoms with Crippen LogP contribution >= 0.6 is 0 Å². The van der Waals surface area contributed by atoms with Gasteiger partial charge in [0, 0.05) is 17.5 Å². The summed E-state index contributed by atoms with van der Waals surface area (Å²) in [5.74, 6) is -0.0195. The van der Waals surface area contributed by atoms with E-state index in [1.807, 2.05) is 0 Å². The van der Waals surface area contributed by atoms with Crippen molar-refractivity contribution in [1.29, 1.82) is 0 Å². The number of rotatable bonds is 4. The van der Waals surface area contributed by atoms with Gasteiger partial charge >= 0.3 is 12.1 Å². The lowest BCUT2D eigenvalue weighted by atomic mass is 9.98. The predicted octanol–water partition coefficient (Wildman–Crippen LogP) is 4.72. The van der Waals surface area contributed by atoms with Crippen molar-refractivity contribution in [3.8, 4) is 11.5 Å². The maximum Gasteiger partial charge on any atom is 0.416 e. The van der Waals surface area contributed by atoms with Gasteiger partial charge in [-0.15, -0.1) is 0 Å². The fraction of sp³-hybridized carbons (Fsp3) is 0.350. The monoisotopic (exact) mass is 378 g/mol. The molecule has 0 fully saturated rings. The van der Waals surface area contributed by atoms with Gasteiger partial charge in [-0.25, -0.2) is 0 Å². The fourth-order valence-electron chi connectivity index (χ4n) is 3.88. The standard InChI is InChI=1S/C20H17F3O4/c21-20(22,23)16-3-1-2-15-14(16)6-7-17(15)27-12-4-5-13-11(8-19(24)25)10-26-18(13)9-12/h1-5,9,11,17H,6-8,10H2,(H,24,25)/t11-,17+/m1/s1. The zero-order valence-electron chi connectivity index (χ0n) is 14.3. The number of carboxylic acids is 1. The molecule has 27 heavy (non-hydrogen) atoms. The van der Waals surface area contributed by atoms with Gasteiger partial charge in [0.1, 0.15) is 17.6 Å². The van der Waals surface area contributed by atoms with E-state index in [1.165, 1.54) is 6.07 Å². The minimum atomic E-state index is -4.37. The van der Waals surface area contributed by atoms with Crippen LogP contribution in [0.3, 0.4) is 0 Å². The smallest absolute Gasteiger partial charge is 0.416 e. The van der Waals surface area contributed by atoms with Crippen molar-refractivity contribution in [2.75, 3.05) is 6.61 Å². The third kappa shape index (κ3) is 3.34. The Morgan fingerprint density at radius 2 is 2.04 bits per heavy atom. The third-order valence-electron chi connectivity index (χ3n) is 5.09. The maximum atomic E-state index is 13.2. The molecule has 0 aromatic heterocycles. The number of hydrogen-bond donors (Lipinski definition) is 1. The highest BCUT2D eigenvalue weighted by atomic mass is 19.4. The van der Waals surface area contributed by atoms with E-state index in [9.17, 15) is 18.0 Å². The molecule has 2 aromatic carbocycles. The molecule has 2 atom stereocenters. The number of benzene rings is 2. The van der Waals surface area contributed by atoms with E-state index < -0.39 is 23.8 Å². The number of hydrogen-bond acceptors (Lipinski definition) is 3. The Balaban J connectivity index is 1.55. The summed E-state index contributed by atoms with van der Waals surface area (Å²) in [6.07, 6.45) is -4.04. The van der Waals surface area contributed by atoms with E-state index in [1.54, 1.807) is 24.3 Å². The van der Waals surface area contributed by atoms with Crippen LogP contribution in [0.15, 0.2) is 36.4 Å². The Hall–Kier alpha value is -2.70. The molecule has 4 nitrogen and oxygen atoms in total. The molecule has 142 valence electrons. The predicted molar refractivity (Wildman–Crippen MR) is 90.1 cm³/mol. The van der Waals surface area contributed by atoms with Crippen LogP contribution < -0.4 is 9.47 Å². The lowest BCUT2D eigenvalue weighted by molar-refractivity contribution is -0.138. The number of halogens is 3. The van der Waals surface area contributed by atoms with Crippen LogP contribution in [0.25, 0.3) is 0 Å². The van der Waals surface area contributed by atoms with Crippen molar-refractivity contribution in [2.45, 2.75) is 37.5 Å². The average molecular weight is 378 g/mol. The number of aliphatic carboxylic acids is 1. The van der Waals surface area contributed by atoms with Gasteiger partial charge in [0.05, 0.1) is 18.6 Å². The summed E-state index contributed by atoms with van der Waals surface area (Å²) in [6.45, 7) is 0.298. The van der Waals surface area contributed by atoms with Crippen LogP contribution in [-0.4, -0.2) is 17.7 Å². The minimum absolute atomic E-state index is 0.0105. The van der Waals surface area contributed by atoms with E-state index >= 15 is 0 Å². The Morgan fingerprint density at radius 1 is 1.22 bits per heavy atom. The summed E-state index contributed by atoms with van der Waals surface area (Å²) in [6, 6.07) is 9.36. The van der Waals surface area contributed by atoms with Gasteiger partial charge < -0.3 is 14.6 Å². The number of carboxylic acid groups (broad SMARTS) is 1. The zero-order valence-corrected chi connectivity index (χ0v) is 14.3. The number of alkyl halides is 3. The minimum Gasteiger partial charge on any atom is -0.492 e. The van der Waals surface area contributed by atoms with Gasteiger partial charge in [0.2, 0.25) is 0 Å². The number of fused-ring (bicyclic) bond motifs is 2. The molecular formula is C20H17F3O4. The molecule has 7 heteroatoms. The molecule has 1 heterocycles. The molecule has 0 radical (unpaired) electrons. The Bertz CT molecular complexity index is 891. The van der Waals surface area contributed by atoms with Crippen LogP contribution in [-0.2, 0) is 17.4 Å². The van der Waals surface area contributed by atoms with E-state index in [4.69, 9.17) is 14.6 Å². The second-order valence-corrected chi connectivity index (χ2v) is 6.82. The molecule has 1 N–H and O–H groups in total. The first-order valence-corrected chi connectivity index (χ1v) is 8.67. The molecule has 0 unspecified atom stereocenters. The molecule has 0 amide bonds. The molecule has 0 spiro atoms. The first-order valence-electron chi connectivity index (χ1n) is 8.67. The summed E-state index contributed by atoms with van der Waals surface area (Å²) >= 11 is 0. The van der Waals surface area contributed by atoms with Gasteiger partial charge in [-0.3, -0.25) is 4.79 Å². The van der Waals surface area contributed by atoms with Gasteiger partial charge in [0.25, 0.3) is 0 Å². The van der Waals surface area contributed by atoms with Crippen LogP contribution in [0, 0.1) is 0 Å². The lowest BCUT2D eigenvalue weighted by Gasteiger charge is -2.17. The number of ether oxygens (including phenoxy) is 2. The first kappa shape index (κ1) is 17.7.